The second-order valence-corrected chi connectivity index (χ2v) is 7.14. The van der Waals surface area contributed by atoms with Crippen LogP contribution in [-0.4, -0.2) is 37.7 Å². The summed E-state index contributed by atoms with van der Waals surface area (Å²) in [4.78, 5) is 25.6. The molecule has 8 heteroatoms. The SMILES string of the molecule is CN(C)S(=O)(=O)c1ccccc1CNC(=O)c1ccc(=O)[nH]c1. The number of rotatable bonds is 5. The lowest BCUT2D eigenvalue weighted by Crippen LogP contribution is -2.27. The topological polar surface area (TPSA) is 99.3 Å². The number of sulfonamides is 1. The van der Waals surface area contributed by atoms with Crippen LogP contribution in [0.3, 0.4) is 0 Å². The molecule has 0 atom stereocenters. The number of H-pyrrole nitrogens is 1. The fourth-order valence-corrected chi connectivity index (χ4v) is 3.04. The Bertz CT molecular complexity index is 852. The first-order chi connectivity index (χ1) is 10.8. The number of amides is 1. The number of aromatic nitrogens is 1. The van der Waals surface area contributed by atoms with Crippen molar-refractivity contribution in [2.75, 3.05) is 14.1 Å². The number of pyridine rings is 1. The van der Waals surface area contributed by atoms with E-state index in [0.29, 0.717) is 5.56 Å². The lowest BCUT2D eigenvalue weighted by atomic mass is 10.2. The van der Waals surface area contributed by atoms with E-state index in [-0.39, 0.29) is 22.6 Å². The lowest BCUT2D eigenvalue weighted by molar-refractivity contribution is 0.0950. The summed E-state index contributed by atoms with van der Waals surface area (Å²) in [7, 11) is -0.692. The quantitative estimate of drug-likeness (QED) is 0.834. The van der Waals surface area contributed by atoms with Crippen LogP contribution in [0, 0.1) is 0 Å². The Balaban J connectivity index is 2.20. The van der Waals surface area contributed by atoms with Gasteiger partial charge in [0.2, 0.25) is 15.6 Å². The third kappa shape index (κ3) is 3.85. The number of hydrogen-bond donors (Lipinski definition) is 2. The molecule has 0 bridgehead atoms. The fraction of sp³-hybridized carbons (Fsp3) is 0.200. The summed E-state index contributed by atoms with van der Waals surface area (Å²) in [6.45, 7) is 0.0567. The van der Waals surface area contributed by atoms with Gasteiger partial charge in [-0.1, -0.05) is 18.2 Å². The van der Waals surface area contributed by atoms with E-state index < -0.39 is 15.9 Å². The molecule has 0 fully saturated rings. The van der Waals surface area contributed by atoms with Gasteiger partial charge in [-0.25, -0.2) is 12.7 Å². The number of aromatic amines is 1. The van der Waals surface area contributed by atoms with Gasteiger partial charge in [0.15, 0.2) is 0 Å². The van der Waals surface area contributed by atoms with Gasteiger partial charge in [0.25, 0.3) is 5.91 Å². The molecule has 1 aromatic heterocycles. The van der Waals surface area contributed by atoms with Gasteiger partial charge < -0.3 is 10.3 Å². The van der Waals surface area contributed by atoms with E-state index in [1.807, 2.05) is 0 Å². The Hall–Kier alpha value is -2.45. The van der Waals surface area contributed by atoms with Crippen molar-refractivity contribution in [3.63, 3.8) is 0 Å². The van der Waals surface area contributed by atoms with Crippen LogP contribution in [0.15, 0.2) is 52.3 Å². The summed E-state index contributed by atoms with van der Waals surface area (Å²) in [5.41, 5.74) is 0.473. The van der Waals surface area contributed by atoms with Crippen LogP contribution < -0.4 is 10.9 Å². The van der Waals surface area contributed by atoms with Crippen molar-refractivity contribution in [1.29, 1.82) is 0 Å². The molecule has 0 spiro atoms. The number of nitrogens with one attached hydrogen (secondary N) is 2. The summed E-state index contributed by atoms with van der Waals surface area (Å²) in [5, 5.41) is 2.64. The number of hydrogen-bond acceptors (Lipinski definition) is 4. The highest BCUT2D eigenvalue weighted by Gasteiger charge is 2.20. The van der Waals surface area contributed by atoms with Crippen LogP contribution in [0.25, 0.3) is 0 Å². The van der Waals surface area contributed by atoms with Crippen molar-refractivity contribution < 1.29 is 13.2 Å². The monoisotopic (exact) mass is 335 g/mol. The summed E-state index contributed by atoms with van der Waals surface area (Å²) in [5.74, 6) is -0.404. The van der Waals surface area contributed by atoms with Gasteiger partial charge in [0.05, 0.1) is 10.5 Å². The molecule has 2 aromatic rings. The molecule has 1 amide bonds. The van der Waals surface area contributed by atoms with E-state index in [9.17, 15) is 18.0 Å². The Labute approximate surface area is 134 Å². The van der Waals surface area contributed by atoms with E-state index in [2.05, 4.69) is 10.3 Å². The maximum Gasteiger partial charge on any atom is 0.253 e. The summed E-state index contributed by atoms with van der Waals surface area (Å²) < 4.78 is 25.7. The minimum atomic E-state index is -3.59. The normalized spacial score (nSPS) is 11.4. The van der Waals surface area contributed by atoms with Crippen LogP contribution in [0.2, 0.25) is 0 Å². The van der Waals surface area contributed by atoms with Gasteiger partial charge in [0, 0.05) is 32.9 Å². The van der Waals surface area contributed by atoms with Crippen molar-refractivity contribution in [3.8, 4) is 0 Å². The maximum atomic E-state index is 12.3. The second kappa shape index (κ2) is 6.76. The molecule has 0 aliphatic rings. The zero-order valence-electron chi connectivity index (χ0n) is 12.7. The van der Waals surface area contributed by atoms with Crippen LogP contribution in [0.5, 0.6) is 0 Å². The predicted octanol–water partition coefficient (Wildman–Crippen LogP) is 0.555. The van der Waals surface area contributed by atoms with Gasteiger partial charge in [0.1, 0.15) is 0 Å². The van der Waals surface area contributed by atoms with Crippen molar-refractivity contribution >= 4 is 15.9 Å². The van der Waals surface area contributed by atoms with E-state index in [1.165, 1.54) is 38.5 Å². The highest BCUT2D eigenvalue weighted by molar-refractivity contribution is 7.89. The van der Waals surface area contributed by atoms with Crippen LogP contribution in [-0.2, 0) is 16.6 Å². The number of carbonyl (C=O) groups is 1. The van der Waals surface area contributed by atoms with Crippen molar-refractivity contribution in [2.24, 2.45) is 0 Å². The Kier molecular flexibility index (Phi) is 4.97. The first kappa shape index (κ1) is 16.9. The Morgan fingerprint density at radius 3 is 2.48 bits per heavy atom. The molecule has 0 unspecified atom stereocenters. The Morgan fingerprint density at radius 1 is 1.17 bits per heavy atom. The minimum absolute atomic E-state index is 0.0567. The largest absolute Gasteiger partial charge is 0.348 e. The maximum absolute atomic E-state index is 12.3. The molecular formula is C15H17N3O4S. The van der Waals surface area contributed by atoms with Crippen molar-refractivity contribution in [3.05, 3.63) is 64.1 Å². The predicted molar refractivity (Wildman–Crippen MR) is 85.5 cm³/mol. The molecule has 0 saturated heterocycles. The molecule has 0 aliphatic carbocycles. The van der Waals surface area contributed by atoms with Crippen molar-refractivity contribution in [2.45, 2.75) is 11.4 Å². The number of carbonyl (C=O) groups excluding carboxylic acids is 1. The fourth-order valence-electron chi connectivity index (χ4n) is 1.93. The summed E-state index contributed by atoms with van der Waals surface area (Å²) >= 11 is 0. The standard InChI is InChI=1S/C15H17N3O4S/c1-18(2)23(21,22)13-6-4-3-5-11(13)9-17-15(20)12-7-8-14(19)16-10-12/h3-8,10H,9H2,1-2H3,(H,16,19)(H,17,20). The molecule has 0 saturated carbocycles. The molecule has 0 radical (unpaired) electrons. The van der Waals surface area contributed by atoms with Gasteiger partial charge in [-0.2, -0.15) is 0 Å². The van der Waals surface area contributed by atoms with Gasteiger partial charge in [-0.3, -0.25) is 9.59 Å². The van der Waals surface area contributed by atoms with E-state index in [4.69, 9.17) is 0 Å². The molecule has 0 aliphatic heterocycles. The summed E-state index contributed by atoms with van der Waals surface area (Å²) in [6.07, 6.45) is 1.31. The first-order valence-corrected chi connectivity index (χ1v) is 8.24. The third-order valence-electron chi connectivity index (χ3n) is 3.22. The Morgan fingerprint density at radius 2 is 1.87 bits per heavy atom. The van der Waals surface area contributed by atoms with Gasteiger partial charge in [-0.15, -0.1) is 0 Å². The summed E-state index contributed by atoms with van der Waals surface area (Å²) in [6, 6.07) is 9.12. The molecule has 2 rings (SSSR count). The third-order valence-corrected chi connectivity index (χ3v) is 5.13. The zero-order chi connectivity index (χ0) is 17.0. The number of benzene rings is 1. The molecular weight excluding hydrogens is 318 g/mol. The second-order valence-electron chi connectivity index (χ2n) is 5.02. The zero-order valence-corrected chi connectivity index (χ0v) is 13.6. The average molecular weight is 335 g/mol. The van der Waals surface area contributed by atoms with E-state index >= 15 is 0 Å². The molecule has 1 aromatic carbocycles. The van der Waals surface area contributed by atoms with Gasteiger partial charge >= 0.3 is 0 Å². The van der Waals surface area contributed by atoms with Crippen LogP contribution >= 0.6 is 0 Å². The van der Waals surface area contributed by atoms with E-state index in [0.717, 1.165) is 4.31 Å². The number of nitrogens with zero attached hydrogens (tertiary/aromatic N) is 1. The van der Waals surface area contributed by atoms with E-state index in [1.54, 1.807) is 18.2 Å². The smallest absolute Gasteiger partial charge is 0.253 e. The van der Waals surface area contributed by atoms with Crippen molar-refractivity contribution in [1.82, 2.24) is 14.6 Å². The van der Waals surface area contributed by atoms with Gasteiger partial charge in [-0.05, 0) is 17.7 Å². The molecule has 2 N–H and O–H groups in total. The molecule has 122 valence electrons. The molecule has 7 nitrogen and oxygen atoms in total. The highest BCUT2D eigenvalue weighted by atomic mass is 32.2. The van der Waals surface area contributed by atoms with Crippen LogP contribution in [0.4, 0.5) is 0 Å². The average Bonchev–Trinajstić information content (AvgIpc) is 2.53. The molecule has 1 heterocycles. The highest BCUT2D eigenvalue weighted by Crippen LogP contribution is 2.18. The van der Waals surface area contributed by atoms with Crippen LogP contribution in [0.1, 0.15) is 15.9 Å². The minimum Gasteiger partial charge on any atom is -0.348 e. The first-order valence-electron chi connectivity index (χ1n) is 6.80. The lowest BCUT2D eigenvalue weighted by Gasteiger charge is -2.15. The molecule has 23 heavy (non-hydrogen) atoms.